The summed E-state index contributed by atoms with van der Waals surface area (Å²) in [6, 6.07) is -0.181. The number of nitrogens with one attached hydrogen (secondary N) is 1. The van der Waals surface area contributed by atoms with E-state index in [4.69, 9.17) is 9.84 Å². The van der Waals surface area contributed by atoms with Crippen LogP contribution in [0.25, 0.3) is 0 Å². The molecule has 0 aromatic carbocycles. The lowest BCUT2D eigenvalue weighted by atomic mass is 9.95. The Morgan fingerprint density at radius 2 is 1.85 bits per heavy atom. The number of ether oxygens (including phenoxy) is 1. The first-order valence-electron chi connectivity index (χ1n) is 11.8. The second-order valence-electron chi connectivity index (χ2n) is 9.22. The highest BCUT2D eigenvalue weighted by Gasteiger charge is 2.31. The van der Waals surface area contributed by atoms with Crippen LogP contribution in [-0.4, -0.2) is 58.4 Å². The van der Waals surface area contributed by atoms with Gasteiger partial charge in [0.05, 0.1) is 5.92 Å². The van der Waals surface area contributed by atoms with Gasteiger partial charge in [-0.2, -0.15) is 0 Å². The third-order valence-corrected chi connectivity index (χ3v) is 6.90. The number of hydrogen-bond donors (Lipinski definition) is 2. The van der Waals surface area contributed by atoms with Gasteiger partial charge < -0.3 is 20.1 Å². The SMILES string of the molecule is CC[C@H](C)CC(=O)N(C)[C@H](C[C@@H](OC(C)=O)c1nc(C(=O)NCC[C@H](C)C(=O)O)cs1)C(C)C. The number of thiazole rings is 1. The summed E-state index contributed by atoms with van der Waals surface area (Å²) in [5.74, 6) is -1.92. The minimum Gasteiger partial charge on any atom is -0.481 e. The normalized spacial score (nSPS) is 14.7. The molecule has 1 aromatic rings. The van der Waals surface area contributed by atoms with Crippen LogP contribution in [0.2, 0.25) is 0 Å². The number of carbonyl (C=O) groups is 4. The van der Waals surface area contributed by atoms with Crippen LogP contribution < -0.4 is 5.32 Å². The molecule has 0 bridgehead atoms. The molecule has 0 aliphatic carbocycles. The molecular formula is C24H39N3O6S. The molecule has 4 atom stereocenters. The van der Waals surface area contributed by atoms with Crippen LogP contribution in [0.5, 0.6) is 0 Å². The summed E-state index contributed by atoms with van der Waals surface area (Å²) < 4.78 is 5.56. The number of carbonyl (C=O) groups excluding carboxylic acids is 3. The fraction of sp³-hybridized carbons (Fsp3) is 0.708. The molecule has 1 rings (SSSR count). The largest absolute Gasteiger partial charge is 0.481 e. The van der Waals surface area contributed by atoms with Crippen molar-refractivity contribution in [2.45, 2.75) is 79.4 Å². The van der Waals surface area contributed by atoms with Crippen LogP contribution >= 0.6 is 11.3 Å². The molecule has 0 fully saturated rings. The Kier molecular flexibility index (Phi) is 12.2. The summed E-state index contributed by atoms with van der Waals surface area (Å²) in [6.45, 7) is 11.2. The number of amides is 2. The third kappa shape index (κ3) is 9.40. The fourth-order valence-electron chi connectivity index (χ4n) is 3.42. The highest BCUT2D eigenvalue weighted by atomic mass is 32.1. The molecular weight excluding hydrogens is 458 g/mol. The number of aliphatic carboxylic acids is 1. The van der Waals surface area contributed by atoms with E-state index in [1.807, 2.05) is 20.8 Å². The summed E-state index contributed by atoms with van der Waals surface area (Å²) in [5.41, 5.74) is 0.183. The summed E-state index contributed by atoms with van der Waals surface area (Å²) in [6.07, 6.45) is 1.35. The Morgan fingerprint density at radius 1 is 1.21 bits per heavy atom. The van der Waals surface area contributed by atoms with Gasteiger partial charge in [0.25, 0.3) is 5.91 Å². The molecule has 192 valence electrons. The van der Waals surface area contributed by atoms with Crippen molar-refractivity contribution in [1.29, 1.82) is 0 Å². The second kappa shape index (κ2) is 14.0. The van der Waals surface area contributed by atoms with E-state index in [0.29, 0.717) is 24.3 Å². The highest BCUT2D eigenvalue weighted by Crippen LogP contribution is 2.30. The van der Waals surface area contributed by atoms with E-state index in [1.54, 1.807) is 24.3 Å². The van der Waals surface area contributed by atoms with E-state index in [1.165, 1.54) is 18.3 Å². The Bertz CT molecular complexity index is 840. The first kappa shape index (κ1) is 29.5. The number of aromatic nitrogens is 1. The Balaban J connectivity index is 2.96. The Morgan fingerprint density at radius 3 is 2.38 bits per heavy atom. The Hall–Kier alpha value is -2.49. The van der Waals surface area contributed by atoms with Gasteiger partial charge in [-0.3, -0.25) is 19.2 Å². The van der Waals surface area contributed by atoms with Crippen LogP contribution in [0.15, 0.2) is 5.38 Å². The third-order valence-electron chi connectivity index (χ3n) is 5.96. The second-order valence-corrected chi connectivity index (χ2v) is 10.1. The van der Waals surface area contributed by atoms with Crippen molar-refractivity contribution >= 4 is 35.1 Å². The zero-order valence-corrected chi connectivity index (χ0v) is 22.1. The number of esters is 1. The molecule has 0 spiro atoms. The van der Waals surface area contributed by atoms with Crippen LogP contribution in [0, 0.1) is 17.8 Å². The maximum atomic E-state index is 12.8. The average Bonchev–Trinajstić information content (AvgIpc) is 3.25. The molecule has 0 radical (unpaired) electrons. The first-order valence-corrected chi connectivity index (χ1v) is 12.6. The van der Waals surface area contributed by atoms with Crippen molar-refractivity contribution in [3.63, 3.8) is 0 Å². The number of nitrogens with zero attached hydrogens (tertiary/aromatic N) is 2. The van der Waals surface area contributed by atoms with E-state index in [2.05, 4.69) is 17.2 Å². The van der Waals surface area contributed by atoms with Gasteiger partial charge >= 0.3 is 11.9 Å². The molecule has 0 aliphatic rings. The predicted octanol–water partition coefficient (Wildman–Crippen LogP) is 3.90. The van der Waals surface area contributed by atoms with Crippen molar-refractivity contribution in [1.82, 2.24) is 15.2 Å². The van der Waals surface area contributed by atoms with Gasteiger partial charge in [-0.25, -0.2) is 4.98 Å². The van der Waals surface area contributed by atoms with Crippen LogP contribution in [0.4, 0.5) is 0 Å². The van der Waals surface area contributed by atoms with E-state index in [-0.39, 0.29) is 36.0 Å². The molecule has 2 amide bonds. The fourth-order valence-corrected chi connectivity index (χ4v) is 4.26. The van der Waals surface area contributed by atoms with E-state index >= 15 is 0 Å². The minimum atomic E-state index is -0.915. The minimum absolute atomic E-state index is 0.0458. The molecule has 0 saturated carbocycles. The molecule has 2 N–H and O–H groups in total. The molecule has 0 saturated heterocycles. The van der Waals surface area contributed by atoms with Gasteiger partial charge in [-0.05, 0) is 18.3 Å². The van der Waals surface area contributed by atoms with Crippen molar-refractivity contribution in [2.75, 3.05) is 13.6 Å². The topological polar surface area (TPSA) is 126 Å². The van der Waals surface area contributed by atoms with E-state index < -0.39 is 29.9 Å². The van der Waals surface area contributed by atoms with Gasteiger partial charge in [0, 0.05) is 44.8 Å². The van der Waals surface area contributed by atoms with Gasteiger partial charge in [-0.15, -0.1) is 11.3 Å². The summed E-state index contributed by atoms with van der Waals surface area (Å²) >= 11 is 1.21. The maximum absolute atomic E-state index is 12.8. The number of hydrogen-bond acceptors (Lipinski definition) is 7. The lowest BCUT2D eigenvalue weighted by Crippen LogP contribution is -2.42. The average molecular weight is 498 g/mol. The van der Waals surface area contributed by atoms with Crippen molar-refractivity contribution in [3.05, 3.63) is 16.1 Å². The smallest absolute Gasteiger partial charge is 0.306 e. The summed E-state index contributed by atoms with van der Waals surface area (Å²) in [4.78, 5) is 54.1. The zero-order chi connectivity index (χ0) is 26.0. The lowest BCUT2D eigenvalue weighted by Gasteiger charge is -2.34. The molecule has 1 heterocycles. The highest BCUT2D eigenvalue weighted by molar-refractivity contribution is 7.09. The van der Waals surface area contributed by atoms with Gasteiger partial charge in [0.15, 0.2) is 6.10 Å². The monoisotopic (exact) mass is 497 g/mol. The summed E-state index contributed by atoms with van der Waals surface area (Å²) in [7, 11) is 1.78. The van der Waals surface area contributed by atoms with Crippen molar-refractivity contribution in [2.24, 2.45) is 17.8 Å². The predicted molar refractivity (Wildman–Crippen MR) is 130 cm³/mol. The first-order chi connectivity index (χ1) is 15.9. The van der Waals surface area contributed by atoms with Crippen LogP contribution in [-0.2, 0) is 19.1 Å². The number of carboxylic acid groups (broad SMARTS) is 1. The zero-order valence-electron chi connectivity index (χ0n) is 21.3. The molecule has 1 aromatic heterocycles. The molecule has 0 unspecified atom stereocenters. The molecule has 9 nitrogen and oxygen atoms in total. The number of carboxylic acids is 1. The van der Waals surface area contributed by atoms with Gasteiger partial charge in [-0.1, -0.05) is 41.0 Å². The maximum Gasteiger partial charge on any atom is 0.306 e. The number of rotatable bonds is 14. The van der Waals surface area contributed by atoms with E-state index in [0.717, 1.165) is 6.42 Å². The van der Waals surface area contributed by atoms with Crippen molar-refractivity contribution in [3.8, 4) is 0 Å². The van der Waals surface area contributed by atoms with Gasteiger partial charge in [0.1, 0.15) is 10.7 Å². The standard InChI is InChI=1S/C24H39N3O6S/c1-8-15(4)11-21(29)27(7)19(14(2)3)12-20(33-17(6)28)23-26-18(13-34-23)22(30)25-10-9-16(5)24(31)32/h13-16,19-20H,8-12H2,1-7H3,(H,25,30)(H,31,32)/t15-,16-,19+,20+/m0/s1. The quantitative estimate of drug-likeness (QED) is 0.373. The molecule has 10 heteroatoms. The van der Waals surface area contributed by atoms with Crippen LogP contribution in [0.1, 0.15) is 88.8 Å². The summed E-state index contributed by atoms with van der Waals surface area (Å²) in [5, 5.41) is 13.7. The van der Waals surface area contributed by atoms with Gasteiger partial charge in [0.2, 0.25) is 5.91 Å². The Labute approximate surface area is 206 Å². The molecule has 0 aliphatic heterocycles. The lowest BCUT2D eigenvalue weighted by molar-refractivity contribution is -0.148. The van der Waals surface area contributed by atoms with Crippen LogP contribution in [0.3, 0.4) is 0 Å². The van der Waals surface area contributed by atoms with Crippen molar-refractivity contribution < 1.29 is 29.0 Å². The van der Waals surface area contributed by atoms with E-state index in [9.17, 15) is 19.2 Å². The molecule has 34 heavy (non-hydrogen) atoms.